The lowest BCUT2D eigenvalue weighted by Crippen LogP contribution is -2.68. The summed E-state index contributed by atoms with van der Waals surface area (Å²) in [5.41, 5.74) is 0. The van der Waals surface area contributed by atoms with Gasteiger partial charge in [-0.3, -0.25) is 28.8 Å². The Hall–Kier alpha value is -3.34. The van der Waals surface area contributed by atoms with Crippen LogP contribution in [0.1, 0.15) is 41.5 Å². The summed E-state index contributed by atoms with van der Waals surface area (Å²) in [6.45, 7) is 6.25. The zero-order valence-electron chi connectivity index (χ0n) is 23.4. The average molecular weight is 591 g/mol. The van der Waals surface area contributed by atoms with Gasteiger partial charge in [-0.25, -0.2) is 0 Å². The molecular weight excluding hydrogens is 556 g/mol. The summed E-state index contributed by atoms with van der Waals surface area (Å²) < 4.78 is 56.0. The first kappa shape index (κ1) is 32.2. The van der Waals surface area contributed by atoms with E-state index in [0.29, 0.717) is 0 Å². The van der Waals surface area contributed by atoms with E-state index < -0.39 is 104 Å². The van der Waals surface area contributed by atoms with Crippen molar-refractivity contribution in [1.29, 1.82) is 0 Å². The third-order valence-corrected chi connectivity index (χ3v) is 6.14. The van der Waals surface area contributed by atoms with Crippen molar-refractivity contribution in [3.05, 3.63) is 0 Å². The molecule has 0 amide bonds. The number of fused-ring (bicyclic) bond motifs is 2. The van der Waals surface area contributed by atoms with Crippen LogP contribution in [0.25, 0.3) is 0 Å². The Kier molecular flexibility index (Phi) is 11.0. The highest BCUT2D eigenvalue weighted by molar-refractivity contribution is 5.69. The van der Waals surface area contributed by atoms with E-state index in [4.69, 9.17) is 47.4 Å². The van der Waals surface area contributed by atoms with Gasteiger partial charge in [0.2, 0.25) is 0 Å². The second kappa shape index (κ2) is 14.0. The first-order valence-electron chi connectivity index (χ1n) is 12.8. The summed E-state index contributed by atoms with van der Waals surface area (Å²) in [6.07, 6.45) is -12.6. The normalized spacial score (nSPS) is 34.4. The molecule has 3 fully saturated rings. The minimum absolute atomic E-state index is 0.0169. The van der Waals surface area contributed by atoms with Crippen molar-refractivity contribution < 1.29 is 76.1 Å². The predicted molar refractivity (Wildman–Crippen MR) is 127 cm³/mol. The van der Waals surface area contributed by atoms with Crippen LogP contribution in [0.4, 0.5) is 0 Å². The molecule has 0 N–H and O–H groups in total. The predicted octanol–water partition coefficient (Wildman–Crippen LogP) is -0.884. The van der Waals surface area contributed by atoms with E-state index in [1.807, 2.05) is 0 Å². The van der Waals surface area contributed by atoms with Crippen LogP contribution < -0.4 is 0 Å². The highest BCUT2D eigenvalue weighted by atomic mass is 16.8. The number of carbonyl (C=O) groups is 6. The molecule has 3 rings (SSSR count). The van der Waals surface area contributed by atoms with Crippen molar-refractivity contribution in [3.63, 3.8) is 0 Å². The maximum atomic E-state index is 12.1. The zero-order valence-corrected chi connectivity index (χ0v) is 23.4. The van der Waals surface area contributed by atoms with Gasteiger partial charge in [-0.15, -0.1) is 0 Å². The molecule has 3 aliphatic heterocycles. The van der Waals surface area contributed by atoms with E-state index in [2.05, 4.69) is 0 Å². The van der Waals surface area contributed by atoms with Crippen LogP contribution in [0, 0.1) is 0 Å². The number of hydrogen-bond donors (Lipinski definition) is 0. The third-order valence-electron chi connectivity index (χ3n) is 6.14. The van der Waals surface area contributed by atoms with Crippen LogP contribution in [0.2, 0.25) is 0 Å². The Morgan fingerprint density at radius 1 is 0.537 bits per heavy atom. The van der Waals surface area contributed by atoms with Crippen molar-refractivity contribution >= 4 is 35.8 Å². The molecule has 16 heteroatoms. The fraction of sp³-hybridized carbons (Fsp3) is 0.760. The maximum absolute atomic E-state index is 12.1. The van der Waals surface area contributed by atoms with Crippen molar-refractivity contribution in [2.24, 2.45) is 0 Å². The molecule has 41 heavy (non-hydrogen) atoms. The molecule has 0 radical (unpaired) electrons. The highest BCUT2D eigenvalue weighted by Crippen LogP contribution is 2.36. The van der Waals surface area contributed by atoms with Gasteiger partial charge in [-0.2, -0.15) is 0 Å². The standard InChI is InChI=1S/C25H34O16/c1-10(26)33-9-18-20(35-12(3)28)23(37-14(5)30)24(38-15(6)31)25(40-18)41-21-17-8-32-7-16(39-17)19(34-11(2)27)22(21)36-13(4)29/h16-25H,7-9H2,1-6H3/t16-,17+,18+,19-,20+,21+,22-,23-,24+,25-/m0/s1. The summed E-state index contributed by atoms with van der Waals surface area (Å²) in [5.74, 6) is -4.55. The molecule has 0 aromatic heterocycles. The molecule has 3 aliphatic rings. The van der Waals surface area contributed by atoms with Gasteiger partial charge in [0.1, 0.15) is 31.0 Å². The molecule has 0 aliphatic carbocycles. The fourth-order valence-electron chi connectivity index (χ4n) is 4.84. The summed E-state index contributed by atoms with van der Waals surface area (Å²) in [4.78, 5) is 71.8. The topological polar surface area (TPSA) is 195 Å². The van der Waals surface area contributed by atoms with Crippen LogP contribution in [0.5, 0.6) is 0 Å². The Morgan fingerprint density at radius 2 is 0.976 bits per heavy atom. The lowest BCUT2D eigenvalue weighted by Gasteiger charge is -2.50. The Morgan fingerprint density at radius 3 is 1.49 bits per heavy atom. The first-order valence-corrected chi connectivity index (χ1v) is 12.8. The Balaban J connectivity index is 2.04. The molecular formula is C25H34O16. The third kappa shape index (κ3) is 8.58. The number of esters is 6. The molecule has 2 bridgehead atoms. The lowest BCUT2D eigenvalue weighted by atomic mass is 9.92. The number of carbonyl (C=O) groups excluding carboxylic acids is 6. The van der Waals surface area contributed by atoms with Crippen LogP contribution >= 0.6 is 0 Å². The van der Waals surface area contributed by atoms with Gasteiger partial charge < -0.3 is 47.4 Å². The molecule has 0 spiro atoms. The average Bonchev–Trinajstić information content (AvgIpc) is 2.85. The lowest BCUT2D eigenvalue weighted by molar-refractivity contribution is -0.353. The molecule has 0 unspecified atom stereocenters. The van der Waals surface area contributed by atoms with Crippen molar-refractivity contribution in [1.82, 2.24) is 0 Å². The van der Waals surface area contributed by atoms with Gasteiger partial charge in [0.25, 0.3) is 0 Å². The summed E-state index contributed by atoms with van der Waals surface area (Å²) >= 11 is 0. The Labute approximate surface area is 235 Å². The van der Waals surface area contributed by atoms with Crippen molar-refractivity contribution in [2.45, 2.75) is 103 Å². The second-order valence-electron chi connectivity index (χ2n) is 9.57. The zero-order chi connectivity index (χ0) is 30.4. The second-order valence-corrected chi connectivity index (χ2v) is 9.57. The van der Waals surface area contributed by atoms with E-state index in [0.717, 1.165) is 41.5 Å². The van der Waals surface area contributed by atoms with Gasteiger partial charge in [0.15, 0.2) is 36.8 Å². The number of hydrogen-bond acceptors (Lipinski definition) is 16. The first-order chi connectivity index (χ1) is 19.3. The largest absolute Gasteiger partial charge is 0.463 e. The molecule has 0 aromatic rings. The SMILES string of the molecule is CC(=O)OC[C@H]1O[C@@H](O[C@H]2[C@@H](OC(C)=O)[C@@H](OC(C)=O)[C@@H]3COC[C@H]2O3)[C@H](OC(C)=O)[C@@H](OC(C)=O)[C@@H]1OC(C)=O. The van der Waals surface area contributed by atoms with Crippen LogP contribution in [0.3, 0.4) is 0 Å². The molecule has 16 nitrogen and oxygen atoms in total. The van der Waals surface area contributed by atoms with Gasteiger partial charge in [0, 0.05) is 41.5 Å². The quantitative estimate of drug-likeness (QED) is 0.237. The van der Waals surface area contributed by atoms with Crippen LogP contribution in [0.15, 0.2) is 0 Å². The molecule has 3 heterocycles. The van der Waals surface area contributed by atoms with Crippen LogP contribution in [-0.4, -0.2) is 117 Å². The maximum Gasteiger partial charge on any atom is 0.303 e. The summed E-state index contributed by atoms with van der Waals surface area (Å²) in [5, 5.41) is 0. The summed E-state index contributed by atoms with van der Waals surface area (Å²) in [6, 6.07) is 0. The minimum atomic E-state index is -1.60. The highest BCUT2D eigenvalue weighted by Gasteiger charge is 2.57. The van der Waals surface area contributed by atoms with E-state index in [9.17, 15) is 28.8 Å². The van der Waals surface area contributed by atoms with Gasteiger partial charge in [-0.05, 0) is 0 Å². The van der Waals surface area contributed by atoms with E-state index in [1.54, 1.807) is 0 Å². The minimum Gasteiger partial charge on any atom is -0.463 e. The fourth-order valence-corrected chi connectivity index (χ4v) is 4.84. The number of rotatable bonds is 9. The molecule has 3 saturated heterocycles. The van der Waals surface area contributed by atoms with E-state index in [-0.39, 0.29) is 13.2 Å². The van der Waals surface area contributed by atoms with Crippen LogP contribution in [-0.2, 0) is 76.1 Å². The van der Waals surface area contributed by atoms with E-state index >= 15 is 0 Å². The van der Waals surface area contributed by atoms with Gasteiger partial charge in [-0.1, -0.05) is 0 Å². The Bertz CT molecular complexity index is 1010. The number of ether oxygens (including phenoxy) is 10. The van der Waals surface area contributed by atoms with E-state index in [1.165, 1.54) is 0 Å². The van der Waals surface area contributed by atoms with Crippen molar-refractivity contribution in [2.75, 3.05) is 19.8 Å². The molecule has 0 aromatic carbocycles. The molecule has 10 atom stereocenters. The van der Waals surface area contributed by atoms with Gasteiger partial charge in [0.05, 0.1) is 13.2 Å². The monoisotopic (exact) mass is 590 g/mol. The van der Waals surface area contributed by atoms with Crippen molar-refractivity contribution in [3.8, 4) is 0 Å². The van der Waals surface area contributed by atoms with Gasteiger partial charge >= 0.3 is 35.8 Å². The molecule has 230 valence electrons. The molecule has 0 saturated carbocycles. The summed E-state index contributed by atoms with van der Waals surface area (Å²) in [7, 11) is 0. The smallest absolute Gasteiger partial charge is 0.303 e.